The van der Waals surface area contributed by atoms with Crippen LogP contribution in [0.3, 0.4) is 0 Å². The van der Waals surface area contributed by atoms with Crippen LogP contribution in [0.2, 0.25) is 0 Å². The van der Waals surface area contributed by atoms with Crippen LogP contribution in [-0.4, -0.2) is 17.5 Å². The van der Waals surface area contributed by atoms with Gasteiger partial charge in [0.15, 0.2) is 0 Å². The average molecular weight is 331 g/mol. The van der Waals surface area contributed by atoms with E-state index in [-0.39, 0.29) is 5.41 Å². The van der Waals surface area contributed by atoms with Crippen molar-refractivity contribution in [2.45, 2.75) is 72.1 Å². The maximum atomic E-state index is 12.2. The lowest BCUT2D eigenvalue weighted by Crippen LogP contribution is -2.50. The molecule has 0 aromatic heterocycles. The molecule has 0 aromatic rings. The normalized spacial score (nSPS) is 50.5. The average Bonchev–Trinajstić information content (AvgIpc) is 2.91. The van der Waals surface area contributed by atoms with Crippen molar-refractivity contribution in [2.24, 2.45) is 40.4 Å². The first-order chi connectivity index (χ1) is 11.4. The Hall–Kier alpha value is -0.630. The van der Waals surface area contributed by atoms with Gasteiger partial charge in [0.05, 0.1) is 0 Å². The van der Waals surface area contributed by atoms with Gasteiger partial charge in [0.2, 0.25) is 0 Å². The molecular formula is C22H34O2. The predicted octanol–water partition coefficient (Wildman–Crippen LogP) is 4.76. The van der Waals surface area contributed by atoms with E-state index in [1.165, 1.54) is 38.5 Å². The Bertz CT molecular complexity index is 564. The maximum Gasteiger partial charge on any atom is 0.133 e. The number of hydrogen-bond acceptors (Lipinski definition) is 2. The van der Waals surface area contributed by atoms with Gasteiger partial charge < -0.3 is 5.11 Å². The first-order valence-corrected chi connectivity index (χ1v) is 10.2. The number of allylic oxidation sites excluding steroid dienone is 2. The molecule has 24 heavy (non-hydrogen) atoms. The van der Waals surface area contributed by atoms with Crippen LogP contribution in [0.25, 0.3) is 0 Å². The van der Waals surface area contributed by atoms with Crippen molar-refractivity contribution in [2.75, 3.05) is 6.61 Å². The summed E-state index contributed by atoms with van der Waals surface area (Å²) >= 11 is 0. The molecule has 3 unspecified atom stereocenters. The second-order valence-electron chi connectivity index (χ2n) is 9.84. The van der Waals surface area contributed by atoms with E-state index in [2.05, 4.69) is 19.9 Å². The van der Waals surface area contributed by atoms with E-state index in [9.17, 15) is 9.90 Å². The fraction of sp³-hybridized carbons (Fsp3) is 0.864. The van der Waals surface area contributed by atoms with Gasteiger partial charge in [-0.15, -0.1) is 0 Å². The smallest absolute Gasteiger partial charge is 0.133 e. The highest BCUT2D eigenvalue weighted by Gasteiger charge is 2.59. The van der Waals surface area contributed by atoms with Gasteiger partial charge in [-0.1, -0.05) is 25.5 Å². The minimum Gasteiger partial charge on any atom is -0.396 e. The Morgan fingerprint density at radius 1 is 1.17 bits per heavy atom. The molecule has 3 saturated carbocycles. The standard InChI is InChI=1S/C22H34O2/c1-14(24)18-6-7-19-17-5-4-16-12-15(13-23)8-10-21(16,2)20(17)9-11-22(18,19)3/h4,15,17-20,23H,5-13H2,1-3H3/t15-,17?,18+,19?,20?,21-,22+/m0/s1. The second kappa shape index (κ2) is 5.69. The first-order valence-electron chi connectivity index (χ1n) is 10.2. The minimum atomic E-state index is 0.261. The minimum absolute atomic E-state index is 0.261. The molecule has 0 radical (unpaired) electrons. The molecule has 0 aliphatic heterocycles. The number of ketones is 1. The Morgan fingerprint density at radius 3 is 2.67 bits per heavy atom. The molecule has 0 saturated heterocycles. The SMILES string of the molecule is CC(=O)[C@H]1CCC2C3CC=C4C[C@@H](CO)CC[C@]4(C)C3CC[C@@]21C. The van der Waals surface area contributed by atoms with E-state index in [4.69, 9.17) is 0 Å². The molecule has 2 nitrogen and oxygen atoms in total. The topological polar surface area (TPSA) is 37.3 Å². The third-order valence-electron chi connectivity index (χ3n) is 8.95. The number of Topliss-reactive ketones (excluding diaryl/α,β-unsaturated/α-hetero) is 1. The quantitative estimate of drug-likeness (QED) is 0.741. The molecular weight excluding hydrogens is 296 g/mol. The molecule has 7 atom stereocenters. The van der Waals surface area contributed by atoms with Gasteiger partial charge in [-0.05, 0) is 92.8 Å². The molecule has 0 amide bonds. The molecule has 1 N–H and O–H groups in total. The summed E-state index contributed by atoms with van der Waals surface area (Å²) in [6, 6.07) is 0. The van der Waals surface area contributed by atoms with Crippen LogP contribution < -0.4 is 0 Å². The molecule has 4 rings (SSSR count). The number of rotatable bonds is 2. The molecule has 0 bridgehead atoms. The van der Waals surface area contributed by atoms with Crippen LogP contribution in [0.1, 0.15) is 72.1 Å². The highest BCUT2D eigenvalue weighted by molar-refractivity contribution is 5.79. The lowest BCUT2D eigenvalue weighted by Gasteiger charge is -2.58. The largest absolute Gasteiger partial charge is 0.396 e. The fourth-order valence-corrected chi connectivity index (χ4v) is 7.56. The Kier molecular flexibility index (Phi) is 3.99. The van der Waals surface area contributed by atoms with Gasteiger partial charge in [-0.2, -0.15) is 0 Å². The highest BCUT2D eigenvalue weighted by Crippen LogP contribution is 2.66. The third-order valence-corrected chi connectivity index (χ3v) is 8.95. The highest BCUT2D eigenvalue weighted by atomic mass is 16.3. The van der Waals surface area contributed by atoms with Crippen LogP contribution >= 0.6 is 0 Å². The van der Waals surface area contributed by atoms with Crippen LogP contribution in [0.15, 0.2) is 11.6 Å². The van der Waals surface area contributed by atoms with E-state index in [0.29, 0.717) is 29.6 Å². The van der Waals surface area contributed by atoms with E-state index >= 15 is 0 Å². The van der Waals surface area contributed by atoms with Crippen molar-refractivity contribution in [3.05, 3.63) is 11.6 Å². The summed E-state index contributed by atoms with van der Waals surface area (Å²) in [5.41, 5.74) is 2.28. The summed E-state index contributed by atoms with van der Waals surface area (Å²) in [6.07, 6.45) is 12.3. The van der Waals surface area contributed by atoms with E-state index in [0.717, 1.165) is 30.6 Å². The maximum absolute atomic E-state index is 12.2. The van der Waals surface area contributed by atoms with Crippen molar-refractivity contribution < 1.29 is 9.90 Å². The summed E-state index contributed by atoms with van der Waals surface area (Å²) in [5.74, 6) is 3.57. The van der Waals surface area contributed by atoms with Gasteiger partial charge in [-0.25, -0.2) is 0 Å². The number of aliphatic hydroxyl groups is 1. The summed E-state index contributed by atoms with van der Waals surface area (Å²) in [5, 5.41) is 9.58. The van der Waals surface area contributed by atoms with Crippen molar-refractivity contribution >= 4 is 5.78 Å². The molecule has 0 heterocycles. The van der Waals surface area contributed by atoms with Crippen LogP contribution in [0, 0.1) is 40.4 Å². The van der Waals surface area contributed by atoms with E-state index < -0.39 is 0 Å². The van der Waals surface area contributed by atoms with Crippen LogP contribution in [-0.2, 0) is 4.79 Å². The number of aliphatic hydroxyl groups excluding tert-OH is 1. The lowest BCUT2D eigenvalue weighted by atomic mass is 9.47. The number of hydrogen-bond donors (Lipinski definition) is 1. The van der Waals surface area contributed by atoms with Crippen LogP contribution in [0.5, 0.6) is 0 Å². The molecule has 3 fully saturated rings. The molecule has 2 heteroatoms. The van der Waals surface area contributed by atoms with Gasteiger partial charge in [0.25, 0.3) is 0 Å². The number of carbonyl (C=O) groups excluding carboxylic acids is 1. The summed E-state index contributed by atoms with van der Waals surface area (Å²) < 4.78 is 0. The summed E-state index contributed by atoms with van der Waals surface area (Å²) in [7, 11) is 0. The van der Waals surface area contributed by atoms with Crippen molar-refractivity contribution in [3.63, 3.8) is 0 Å². The summed E-state index contributed by atoms with van der Waals surface area (Å²) in [6.45, 7) is 7.11. The van der Waals surface area contributed by atoms with Crippen molar-refractivity contribution in [1.82, 2.24) is 0 Å². The van der Waals surface area contributed by atoms with Gasteiger partial charge in [0.1, 0.15) is 5.78 Å². The monoisotopic (exact) mass is 330 g/mol. The number of carbonyl (C=O) groups is 1. The van der Waals surface area contributed by atoms with E-state index in [1.807, 2.05) is 6.92 Å². The van der Waals surface area contributed by atoms with Gasteiger partial charge >= 0.3 is 0 Å². The van der Waals surface area contributed by atoms with E-state index in [1.54, 1.807) is 5.57 Å². The molecule has 0 aromatic carbocycles. The van der Waals surface area contributed by atoms with Crippen LogP contribution in [0.4, 0.5) is 0 Å². The van der Waals surface area contributed by atoms with Crippen molar-refractivity contribution in [3.8, 4) is 0 Å². The third kappa shape index (κ3) is 2.21. The number of fused-ring (bicyclic) bond motifs is 5. The zero-order chi connectivity index (χ0) is 17.1. The zero-order valence-corrected chi connectivity index (χ0v) is 15.7. The second-order valence-corrected chi connectivity index (χ2v) is 9.84. The zero-order valence-electron chi connectivity index (χ0n) is 15.7. The molecule has 4 aliphatic rings. The molecule has 4 aliphatic carbocycles. The Labute approximate surface area is 147 Å². The Morgan fingerprint density at radius 2 is 1.96 bits per heavy atom. The molecule has 134 valence electrons. The summed E-state index contributed by atoms with van der Waals surface area (Å²) in [4.78, 5) is 12.2. The Balaban J connectivity index is 1.63. The lowest BCUT2D eigenvalue weighted by molar-refractivity contribution is -0.127. The fourth-order valence-electron chi connectivity index (χ4n) is 7.56. The van der Waals surface area contributed by atoms with Crippen molar-refractivity contribution in [1.29, 1.82) is 0 Å². The molecule has 0 spiro atoms. The first kappa shape index (κ1) is 16.8. The van der Waals surface area contributed by atoms with Gasteiger partial charge in [0, 0.05) is 12.5 Å². The predicted molar refractivity (Wildman–Crippen MR) is 96.4 cm³/mol. The van der Waals surface area contributed by atoms with Gasteiger partial charge in [-0.3, -0.25) is 4.79 Å².